The molecule has 0 spiro atoms. The molecule has 0 aliphatic carbocycles. The van der Waals surface area contributed by atoms with E-state index in [-0.39, 0.29) is 12.5 Å². The van der Waals surface area contributed by atoms with Crippen LogP contribution in [0.5, 0.6) is 0 Å². The van der Waals surface area contributed by atoms with Crippen molar-refractivity contribution in [3.8, 4) is 0 Å². The lowest BCUT2D eigenvalue weighted by Gasteiger charge is -2.36. The fraction of sp³-hybridized carbons (Fsp3) is 0.929. The zero-order valence-corrected chi connectivity index (χ0v) is 12.1. The molecular formula is C14H29NO2. The third-order valence-corrected chi connectivity index (χ3v) is 3.71. The first-order valence-electron chi connectivity index (χ1n) is 6.93. The average Bonchev–Trinajstić information content (AvgIpc) is 2.27. The standard InChI is InChI=1S/C14H29NO2/c1-6-11(4)9-13(7-2)15(8-3)12(5)10-14(16)17/h11-13H,6-10H2,1-5H3,(H,16,17). The molecule has 0 heterocycles. The minimum atomic E-state index is -0.700. The molecule has 0 rings (SSSR count). The van der Waals surface area contributed by atoms with Crippen molar-refractivity contribution in [1.29, 1.82) is 0 Å². The predicted octanol–water partition coefficient (Wildman–Crippen LogP) is 3.39. The molecule has 17 heavy (non-hydrogen) atoms. The fourth-order valence-electron chi connectivity index (χ4n) is 2.47. The lowest BCUT2D eigenvalue weighted by molar-refractivity contribution is -0.138. The second-order valence-electron chi connectivity index (χ2n) is 5.09. The van der Waals surface area contributed by atoms with E-state index >= 15 is 0 Å². The normalized spacial score (nSPS) is 16.8. The van der Waals surface area contributed by atoms with Crippen molar-refractivity contribution in [2.75, 3.05) is 6.54 Å². The second-order valence-corrected chi connectivity index (χ2v) is 5.09. The molecule has 0 amide bonds. The molecule has 0 aromatic heterocycles. The van der Waals surface area contributed by atoms with Crippen molar-refractivity contribution in [1.82, 2.24) is 4.90 Å². The van der Waals surface area contributed by atoms with E-state index in [0.29, 0.717) is 12.0 Å². The lowest BCUT2D eigenvalue weighted by atomic mass is 9.95. The SMILES string of the molecule is CCC(C)CC(CC)N(CC)C(C)CC(=O)O. The Bertz CT molecular complexity index is 218. The first-order chi connectivity index (χ1) is 7.96. The van der Waals surface area contributed by atoms with Crippen LogP contribution in [-0.2, 0) is 4.79 Å². The number of carboxylic acid groups (broad SMARTS) is 1. The predicted molar refractivity (Wildman–Crippen MR) is 72.2 cm³/mol. The van der Waals surface area contributed by atoms with Crippen LogP contribution in [0.4, 0.5) is 0 Å². The van der Waals surface area contributed by atoms with Gasteiger partial charge in [-0.15, -0.1) is 0 Å². The molecule has 0 fully saturated rings. The van der Waals surface area contributed by atoms with Crippen LogP contribution in [0.15, 0.2) is 0 Å². The summed E-state index contributed by atoms with van der Waals surface area (Å²) >= 11 is 0. The quantitative estimate of drug-likeness (QED) is 0.675. The molecule has 0 saturated heterocycles. The molecule has 3 heteroatoms. The summed E-state index contributed by atoms with van der Waals surface area (Å²) in [5, 5.41) is 8.88. The zero-order chi connectivity index (χ0) is 13.4. The second kappa shape index (κ2) is 8.51. The Morgan fingerprint density at radius 3 is 2.12 bits per heavy atom. The monoisotopic (exact) mass is 243 g/mol. The Balaban J connectivity index is 4.51. The summed E-state index contributed by atoms with van der Waals surface area (Å²) in [6.07, 6.45) is 3.71. The maximum Gasteiger partial charge on any atom is 0.304 e. The van der Waals surface area contributed by atoms with Crippen LogP contribution >= 0.6 is 0 Å². The van der Waals surface area contributed by atoms with Crippen molar-refractivity contribution < 1.29 is 9.90 Å². The van der Waals surface area contributed by atoms with Crippen molar-refractivity contribution in [3.05, 3.63) is 0 Å². The van der Waals surface area contributed by atoms with Crippen LogP contribution in [-0.4, -0.2) is 34.6 Å². The molecule has 3 nitrogen and oxygen atoms in total. The van der Waals surface area contributed by atoms with Crippen LogP contribution in [0.3, 0.4) is 0 Å². The molecule has 0 radical (unpaired) electrons. The Morgan fingerprint density at radius 2 is 1.76 bits per heavy atom. The highest BCUT2D eigenvalue weighted by Gasteiger charge is 2.23. The topological polar surface area (TPSA) is 40.5 Å². The van der Waals surface area contributed by atoms with E-state index in [2.05, 4.69) is 32.6 Å². The highest BCUT2D eigenvalue weighted by atomic mass is 16.4. The van der Waals surface area contributed by atoms with Gasteiger partial charge in [0.25, 0.3) is 0 Å². The van der Waals surface area contributed by atoms with Crippen LogP contribution in [0, 0.1) is 5.92 Å². The largest absolute Gasteiger partial charge is 0.481 e. The number of aliphatic carboxylic acids is 1. The van der Waals surface area contributed by atoms with Gasteiger partial charge < -0.3 is 5.11 Å². The first kappa shape index (κ1) is 16.4. The van der Waals surface area contributed by atoms with E-state index in [1.807, 2.05) is 6.92 Å². The first-order valence-corrected chi connectivity index (χ1v) is 6.93. The van der Waals surface area contributed by atoms with Crippen molar-refractivity contribution in [3.63, 3.8) is 0 Å². The van der Waals surface area contributed by atoms with Crippen LogP contribution in [0.25, 0.3) is 0 Å². The maximum absolute atomic E-state index is 10.8. The third-order valence-electron chi connectivity index (χ3n) is 3.71. The lowest BCUT2D eigenvalue weighted by Crippen LogP contribution is -2.43. The summed E-state index contributed by atoms with van der Waals surface area (Å²) < 4.78 is 0. The van der Waals surface area contributed by atoms with Gasteiger partial charge in [0.1, 0.15) is 0 Å². The average molecular weight is 243 g/mol. The minimum absolute atomic E-state index is 0.131. The van der Waals surface area contributed by atoms with Crippen molar-refractivity contribution >= 4 is 5.97 Å². The summed E-state index contributed by atoms with van der Waals surface area (Å²) in [5.41, 5.74) is 0. The number of hydrogen-bond acceptors (Lipinski definition) is 2. The molecule has 0 aromatic rings. The molecule has 0 saturated carbocycles. The van der Waals surface area contributed by atoms with Gasteiger partial charge in [-0.05, 0) is 32.2 Å². The summed E-state index contributed by atoms with van der Waals surface area (Å²) in [5.74, 6) is 0.0142. The number of hydrogen-bond donors (Lipinski definition) is 1. The van der Waals surface area contributed by atoms with Crippen LogP contribution in [0.1, 0.15) is 60.3 Å². The minimum Gasteiger partial charge on any atom is -0.481 e. The molecule has 0 aromatic carbocycles. The molecule has 1 N–H and O–H groups in total. The summed E-state index contributed by atoms with van der Waals surface area (Å²) in [7, 11) is 0. The Labute approximate surface area is 106 Å². The van der Waals surface area contributed by atoms with Gasteiger partial charge in [-0.2, -0.15) is 0 Å². The van der Waals surface area contributed by atoms with Crippen molar-refractivity contribution in [2.24, 2.45) is 5.92 Å². The van der Waals surface area contributed by atoms with Crippen LogP contribution in [0.2, 0.25) is 0 Å². The zero-order valence-electron chi connectivity index (χ0n) is 12.1. The van der Waals surface area contributed by atoms with E-state index in [1.165, 1.54) is 12.8 Å². The van der Waals surface area contributed by atoms with Gasteiger partial charge in [-0.1, -0.05) is 34.1 Å². The molecule has 102 valence electrons. The Kier molecular flexibility index (Phi) is 8.23. The summed E-state index contributed by atoms with van der Waals surface area (Å²) in [4.78, 5) is 13.1. The van der Waals surface area contributed by atoms with Gasteiger partial charge >= 0.3 is 5.97 Å². The van der Waals surface area contributed by atoms with E-state index in [4.69, 9.17) is 5.11 Å². The van der Waals surface area contributed by atoms with Gasteiger partial charge in [0.15, 0.2) is 0 Å². The Morgan fingerprint density at radius 1 is 1.18 bits per heavy atom. The third kappa shape index (κ3) is 6.06. The van der Waals surface area contributed by atoms with Gasteiger partial charge in [0.05, 0.1) is 6.42 Å². The summed E-state index contributed by atoms with van der Waals surface area (Å²) in [6, 6.07) is 0.649. The van der Waals surface area contributed by atoms with Crippen LogP contribution < -0.4 is 0 Å². The van der Waals surface area contributed by atoms with Gasteiger partial charge in [0.2, 0.25) is 0 Å². The molecule has 0 bridgehead atoms. The van der Waals surface area contributed by atoms with E-state index in [0.717, 1.165) is 13.0 Å². The molecule has 3 unspecified atom stereocenters. The number of carbonyl (C=O) groups is 1. The van der Waals surface area contributed by atoms with Gasteiger partial charge in [0, 0.05) is 12.1 Å². The fourth-order valence-corrected chi connectivity index (χ4v) is 2.47. The highest BCUT2D eigenvalue weighted by molar-refractivity contribution is 5.67. The van der Waals surface area contributed by atoms with E-state index in [1.54, 1.807) is 0 Å². The summed E-state index contributed by atoms with van der Waals surface area (Å²) in [6.45, 7) is 11.8. The molecule has 0 aliphatic rings. The highest BCUT2D eigenvalue weighted by Crippen LogP contribution is 2.20. The van der Waals surface area contributed by atoms with Crippen molar-refractivity contribution in [2.45, 2.75) is 72.4 Å². The van der Waals surface area contributed by atoms with E-state index in [9.17, 15) is 4.79 Å². The maximum atomic E-state index is 10.8. The smallest absolute Gasteiger partial charge is 0.304 e. The Hall–Kier alpha value is -0.570. The molecule has 0 aliphatic heterocycles. The number of carboxylic acids is 1. The number of rotatable bonds is 9. The van der Waals surface area contributed by atoms with Gasteiger partial charge in [-0.3, -0.25) is 9.69 Å². The molecular weight excluding hydrogens is 214 g/mol. The number of nitrogens with zero attached hydrogens (tertiary/aromatic N) is 1. The van der Waals surface area contributed by atoms with Gasteiger partial charge in [-0.25, -0.2) is 0 Å². The molecule has 3 atom stereocenters. The van der Waals surface area contributed by atoms with E-state index < -0.39 is 5.97 Å².